The van der Waals surface area contributed by atoms with Crippen LogP contribution in [0.5, 0.6) is 0 Å². The first-order valence-corrected chi connectivity index (χ1v) is 13.0. The van der Waals surface area contributed by atoms with E-state index >= 15 is 0 Å². The van der Waals surface area contributed by atoms with Crippen LogP contribution in [0.15, 0.2) is 90.0 Å². The van der Waals surface area contributed by atoms with Crippen molar-refractivity contribution in [3.8, 4) is 11.1 Å². The van der Waals surface area contributed by atoms with Gasteiger partial charge in [0.1, 0.15) is 12.3 Å². The Hall–Kier alpha value is -3.82. The number of aldehydes is 1. The zero-order valence-corrected chi connectivity index (χ0v) is 21.8. The van der Waals surface area contributed by atoms with Gasteiger partial charge in [-0.05, 0) is 70.1 Å². The van der Waals surface area contributed by atoms with Gasteiger partial charge < -0.3 is 4.74 Å². The largest absolute Gasteiger partial charge is 0.448 e. The second-order valence-electron chi connectivity index (χ2n) is 8.74. The molecule has 0 unspecified atom stereocenters. The molecular formula is C29H20ClF3N2O3S. The minimum absolute atomic E-state index is 0.0286. The third-order valence-electron chi connectivity index (χ3n) is 6.35. The molecule has 0 aliphatic heterocycles. The number of rotatable bonds is 7. The maximum absolute atomic E-state index is 13.8. The standard InChI is InChI=1S/C29H20ClF3N2O3S/c30-19-11-12-25(29(31,32)33)18(14-19)15-35(39-27-10-5-13-34-26(27)16-36)28(37)38-17-24-22-8-3-1-6-20(22)21-7-2-4-9-23(21)24/h1-14,16,24H,15,17H2. The summed E-state index contributed by atoms with van der Waals surface area (Å²) in [6.07, 6.45) is -3.61. The number of hydrogen-bond donors (Lipinski definition) is 0. The third-order valence-corrected chi connectivity index (χ3v) is 7.62. The van der Waals surface area contributed by atoms with Gasteiger partial charge in [-0.25, -0.2) is 9.10 Å². The first-order chi connectivity index (χ1) is 18.8. The molecule has 1 amide bonds. The number of nitrogens with zero attached hydrogens (tertiary/aromatic N) is 2. The summed E-state index contributed by atoms with van der Waals surface area (Å²) in [5.74, 6) is -0.242. The number of halogens is 4. The van der Waals surface area contributed by atoms with Crippen molar-refractivity contribution in [1.29, 1.82) is 0 Å². The van der Waals surface area contributed by atoms with E-state index in [9.17, 15) is 22.8 Å². The van der Waals surface area contributed by atoms with Crippen molar-refractivity contribution in [2.75, 3.05) is 6.61 Å². The highest BCUT2D eigenvalue weighted by Gasteiger charge is 2.35. The smallest absolute Gasteiger partial charge is 0.420 e. The van der Waals surface area contributed by atoms with Gasteiger partial charge in [0.2, 0.25) is 0 Å². The second-order valence-corrected chi connectivity index (χ2v) is 10.2. The van der Waals surface area contributed by atoms with Crippen LogP contribution in [0, 0.1) is 0 Å². The van der Waals surface area contributed by atoms with Crippen molar-refractivity contribution in [3.05, 3.63) is 118 Å². The Bertz CT molecular complexity index is 1500. The molecule has 0 atom stereocenters. The number of fused-ring (bicyclic) bond motifs is 3. The van der Waals surface area contributed by atoms with Gasteiger partial charge in [0.15, 0.2) is 6.29 Å². The summed E-state index contributed by atoms with van der Waals surface area (Å²) < 4.78 is 48.1. The second kappa shape index (κ2) is 11.1. The Labute approximate surface area is 231 Å². The molecule has 39 heavy (non-hydrogen) atoms. The van der Waals surface area contributed by atoms with Crippen molar-refractivity contribution in [2.45, 2.75) is 23.5 Å². The third kappa shape index (κ3) is 5.65. The van der Waals surface area contributed by atoms with Gasteiger partial charge >= 0.3 is 12.3 Å². The number of pyridine rings is 1. The van der Waals surface area contributed by atoms with Crippen LogP contribution in [0.2, 0.25) is 5.02 Å². The summed E-state index contributed by atoms with van der Waals surface area (Å²) >= 11 is 6.79. The molecule has 0 bridgehead atoms. The van der Waals surface area contributed by atoms with Gasteiger partial charge in [-0.2, -0.15) is 13.2 Å². The van der Waals surface area contributed by atoms with E-state index < -0.39 is 24.4 Å². The minimum Gasteiger partial charge on any atom is -0.448 e. The first kappa shape index (κ1) is 26.8. The number of ether oxygens (including phenoxy) is 1. The lowest BCUT2D eigenvalue weighted by molar-refractivity contribution is -0.138. The minimum atomic E-state index is -4.67. The highest BCUT2D eigenvalue weighted by molar-refractivity contribution is 7.97. The van der Waals surface area contributed by atoms with Crippen LogP contribution in [-0.2, 0) is 17.5 Å². The summed E-state index contributed by atoms with van der Waals surface area (Å²) in [4.78, 5) is 29.2. The maximum Gasteiger partial charge on any atom is 0.420 e. The molecule has 0 saturated carbocycles. The normalized spacial score (nSPS) is 12.5. The summed E-state index contributed by atoms with van der Waals surface area (Å²) in [7, 11) is 0. The number of amides is 1. The molecule has 5 rings (SSSR count). The summed E-state index contributed by atoms with van der Waals surface area (Å²) in [5, 5.41) is 0.0884. The van der Waals surface area contributed by atoms with E-state index in [2.05, 4.69) is 4.98 Å². The highest BCUT2D eigenvalue weighted by atomic mass is 35.5. The maximum atomic E-state index is 13.8. The molecule has 0 saturated heterocycles. The molecule has 0 radical (unpaired) electrons. The number of carbonyl (C=O) groups excluding carboxylic acids is 2. The van der Waals surface area contributed by atoms with E-state index in [1.165, 1.54) is 12.3 Å². The molecule has 1 aromatic heterocycles. The SMILES string of the molecule is O=Cc1ncccc1SN(Cc1cc(Cl)ccc1C(F)(F)F)C(=O)OCC1c2ccccc2-c2ccccc21. The Morgan fingerprint density at radius 2 is 1.67 bits per heavy atom. The number of aromatic nitrogens is 1. The number of hydrogen-bond acceptors (Lipinski definition) is 5. The number of carbonyl (C=O) groups is 2. The van der Waals surface area contributed by atoms with E-state index in [0.717, 1.165) is 50.6 Å². The molecule has 4 aromatic rings. The Balaban J connectivity index is 1.45. The van der Waals surface area contributed by atoms with Crippen LogP contribution in [0.3, 0.4) is 0 Å². The molecule has 1 aliphatic carbocycles. The highest BCUT2D eigenvalue weighted by Crippen LogP contribution is 2.45. The fourth-order valence-corrected chi connectivity index (χ4v) is 5.71. The monoisotopic (exact) mass is 568 g/mol. The summed E-state index contributed by atoms with van der Waals surface area (Å²) in [6.45, 7) is -0.511. The van der Waals surface area contributed by atoms with Gasteiger partial charge in [0.05, 0.1) is 17.0 Å². The van der Waals surface area contributed by atoms with Crippen LogP contribution in [0.25, 0.3) is 11.1 Å². The van der Waals surface area contributed by atoms with Crippen molar-refractivity contribution in [3.63, 3.8) is 0 Å². The zero-order valence-electron chi connectivity index (χ0n) is 20.2. The van der Waals surface area contributed by atoms with Gasteiger partial charge in [0, 0.05) is 17.1 Å². The molecule has 3 aromatic carbocycles. The van der Waals surface area contributed by atoms with Crippen molar-refractivity contribution < 1.29 is 27.5 Å². The van der Waals surface area contributed by atoms with Crippen molar-refractivity contribution >= 4 is 35.9 Å². The van der Waals surface area contributed by atoms with Crippen molar-refractivity contribution in [1.82, 2.24) is 9.29 Å². The van der Waals surface area contributed by atoms with E-state index in [-0.39, 0.29) is 33.7 Å². The molecule has 1 aliphatic rings. The average Bonchev–Trinajstić information content (AvgIpc) is 3.24. The van der Waals surface area contributed by atoms with Crippen LogP contribution in [0.4, 0.5) is 18.0 Å². The molecular weight excluding hydrogens is 549 g/mol. The quantitative estimate of drug-likeness (QED) is 0.167. The zero-order chi connectivity index (χ0) is 27.6. The molecule has 198 valence electrons. The van der Waals surface area contributed by atoms with Crippen molar-refractivity contribution in [2.24, 2.45) is 0 Å². The lowest BCUT2D eigenvalue weighted by atomic mass is 9.98. The number of benzene rings is 3. The average molecular weight is 569 g/mol. The molecule has 0 spiro atoms. The molecule has 1 heterocycles. The lowest BCUT2D eigenvalue weighted by Crippen LogP contribution is -2.28. The topological polar surface area (TPSA) is 59.5 Å². The van der Waals surface area contributed by atoms with E-state index in [0.29, 0.717) is 6.29 Å². The fraction of sp³-hybridized carbons (Fsp3) is 0.138. The van der Waals surface area contributed by atoms with Crippen LogP contribution >= 0.6 is 23.5 Å². The molecule has 0 N–H and O–H groups in total. The van der Waals surface area contributed by atoms with Gasteiger partial charge in [-0.15, -0.1) is 0 Å². The van der Waals surface area contributed by atoms with E-state index in [4.69, 9.17) is 16.3 Å². The first-order valence-electron chi connectivity index (χ1n) is 11.8. The Morgan fingerprint density at radius 1 is 1.00 bits per heavy atom. The fourth-order valence-electron chi connectivity index (χ4n) is 4.61. The Kier molecular flexibility index (Phi) is 7.63. The van der Waals surface area contributed by atoms with Crippen LogP contribution in [-0.4, -0.2) is 28.3 Å². The summed E-state index contributed by atoms with van der Waals surface area (Å²) in [6, 6.07) is 21.9. The lowest BCUT2D eigenvalue weighted by Gasteiger charge is -2.24. The number of alkyl halides is 3. The van der Waals surface area contributed by atoms with Gasteiger partial charge in [-0.3, -0.25) is 9.78 Å². The van der Waals surface area contributed by atoms with Crippen LogP contribution in [0.1, 0.15) is 38.7 Å². The van der Waals surface area contributed by atoms with Gasteiger partial charge in [0.25, 0.3) is 0 Å². The van der Waals surface area contributed by atoms with Gasteiger partial charge in [-0.1, -0.05) is 60.1 Å². The Morgan fingerprint density at radius 3 is 2.31 bits per heavy atom. The molecule has 5 nitrogen and oxygen atoms in total. The molecule has 0 fully saturated rings. The van der Waals surface area contributed by atoms with E-state index in [1.807, 2.05) is 48.5 Å². The van der Waals surface area contributed by atoms with Crippen LogP contribution < -0.4 is 0 Å². The van der Waals surface area contributed by atoms with E-state index in [1.54, 1.807) is 12.1 Å². The predicted octanol–water partition coefficient (Wildman–Crippen LogP) is 8.02. The molecule has 10 heteroatoms. The predicted molar refractivity (Wildman–Crippen MR) is 143 cm³/mol. The summed E-state index contributed by atoms with van der Waals surface area (Å²) in [5.41, 5.74) is 2.98.